The Morgan fingerprint density at radius 3 is 2.00 bits per heavy atom. The summed E-state index contributed by atoms with van der Waals surface area (Å²) in [6.07, 6.45) is 1.15. The lowest BCUT2D eigenvalue weighted by atomic mass is 9.99. The van der Waals surface area contributed by atoms with Crippen molar-refractivity contribution in [3.63, 3.8) is 0 Å². The monoisotopic (exact) mass is 368 g/mol. The highest BCUT2D eigenvalue weighted by Crippen LogP contribution is 2.23. The smallest absolute Gasteiger partial charge is 0.306 e. The second-order valence-corrected chi connectivity index (χ2v) is 6.49. The first-order valence-electron chi connectivity index (χ1n) is 9.21. The van der Waals surface area contributed by atoms with E-state index in [1.54, 1.807) is 20.8 Å². The molecule has 144 valence electrons. The first kappa shape index (κ1) is 22.3. The average molecular weight is 368 g/mol. The third-order valence-corrected chi connectivity index (χ3v) is 4.46. The molecule has 0 amide bonds. The summed E-state index contributed by atoms with van der Waals surface area (Å²) >= 11 is 0. The molecule has 1 atom stereocenters. The van der Waals surface area contributed by atoms with E-state index in [0.29, 0.717) is 12.8 Å². The fourth-order valence-corrected chi connectivity index (χ4v) is 2.61. The molecule has 4 heteroatoms. The first-order valence-corrected chi connectivity index (χ1v) is 9.21. The highest BCUT2D eigenvalue weighted by atomic mass is 16.4. The third kappa shape index (κ3) is 7.18. The van der Waals surface area contributed by atoms with Gasteiger partial charge in [-0.05, 0) is 37.0 Å². The van der Waals surface area contributed by atoms with E-state index in [0.717, 1.165) is 11.1 Å². The number of carboxylic acid groups (broad SMARTS) is 1. The summed E-state index contributed by atoms with van der Waals surface area (Å²) < 4.78 is 0. The molecule has 1 N–H and O–H groups in total. The van der Waals surface area contributed by atoms with Crippen LogP contribution < -0.4 is 0 Å². The Balaban J connectivity index is 0.000000293. The van der Waals surface area contributed by atoms with Gasteiger partial charge in [0.1, 0.15) is 5.78 Å². The summed E-state index contributed by atoms with van der Waals surface area (Å²) in [4.78, 5) is 32.4. The SMILES string of the molecule is CC(=O)c1ccc(-c2ccccc2C)cc1.CCC(=O)CC(CC)C(=O)O. The van der Waals surface area contributed by atoms with E-state index in [9.17, 15) is 14.4 Å². The molecule has 0 bridgehead atoms. The number of aliphatic carboxylic acids is 1. The lowest BCUT2D eigenvalue weighted by Crippen LogP contribution is -2.16. The van der Waals surface area contributed by atoms with E-state index in [1.807, 2.05) is 36.4 Å². The van der Waals surface area contributed by atoms with Crippen molar-refractivity contribution in [2.75, 3.05) is 0 Å². The van der Waals surface area contributed by atoms with Crippen molar-refractivity contribution in [3.8, 4) is 11.1 Å². The number of carbonyl (C=O) groups is 3. The van der Waals surface area contributed by atoms with Gasteiger partial charge in [-0.25, -0.2) is 0 Å². The average Bonchev–Trinajstić information content (AvgIpc) is 2.66. The van der Waals surface area contributed by atoms with E-state index >= 15 is 0 Å². The first-order chi connectivity index (χ1) is 12.8. The minimum absolute atomic E-state index is 0.0271. The Kier molecular flexibility index (Phi) is 9.14. The van der Waals surface area contributed by atoms with E-state index in [4.69, 9.17) is 5.11 Å². The number of carboxylic acids is 1. The summed E-state index contributed by atoms with van der Waals surface area (Å²) in [5.41, 5.74) is 4.39. The van der Waals surface area contributed by atoms with E-state index in [2.05, 4.69) is 19.1 Å². The molecule has 27 heavy (non-hydrogen) atoms. The van der Waals surface area contributed by atoms with Gasteiger partial charge in [-0.2, -0.15) is 0 Å². The van der Waals surface area contributed by atoms with E-state index in [-0.39, 0.29) is 18.0 Å². The Hall–Kier alpha value is -2.75. The number of ketones is 2. The number of carbonyl (C=O) groups excluding carboxylic acids is 2. The van der Waals surface area contributed by atoms with Crippen LogP contribution in [-0.4, -0.2) is 22.6 Å². The molecule has 0 saturated carbocycles. The van der Waals surface area contributed by atoms with Crippen molar-refractivity contribution in [1.82, 2.24) is 0 Å². The maximum absolute atomic E-state index is 11.2. The van der Waals surface area contributed by atoms with Gasteiger partial charge in [0, 0.05) is 18.4 Å². The highest BCUT2D eigenvalue weighted by molar-refractivity contribution is 5.94. The van der Waals surface area contributed by atoms with Crippen LogP contribution in [0, 0.1) is 12.8 Å². The van der Waals surface area contributed by atoms with Crippen LogP contribution in [0.3, 0.4) is 0 Å². The predicted molar refractivity (Wildman–Crippen MR) is 108 cm³/mol. The van der Waals surface area contributed by atoms with Crippen molar-refractivity contribution < 1.29 is 19.5 Å². The molecule has 0 saturated heterocycles. The van der Waals surface area contributed by atoms with Gasteiger partial charge in [0.05, 0.1) is 5.92 Å². The summed E-state index contributed by atoms with van der Waals surface area (Å²) in [6.45, 7) is 7.20. The Labute approximate surface area is 161 Å². The van der Waals surface area contributed by atoms with Crippen molar-refractivity contribution in [2.24, 2.45) is 5.92 Å². The molecule has 0 aliphatic heterocycles. The number of aryl methyl sites for hydroxylation is 1. The van der Waals surface area contributed by atoms with Gasteiger partial charge in [-0.1, -0.05) is 62.4 Å². The molecule has 0 spiro atoms. The quantitative estimate of drug-likeness (QED) is 0.670. The fraction of sp³-hybridized carbons (Fsp3) is 0.348. The molecule has 0 aromatic heterocycles. The number of hydrogen-bond donors (Lipinski definition) is 1. The summed E-state index contributed by atoms with van der Waals surface area (Å²) in [5, 5.41) is 8.57. The minimum atomic E-state index is -0.866. The zero-order valence-corrected chi connectivity index (χ0v) is 16.5. The van der Waals surface area contributed by atoms with Gasteiger partial charge in [-0.15, -0.1) is 0 Å². The van der Waals surface area contributed by atoms with E-state index in [1.165, 1.54) is 11.1 Å². The van der Waals surface area contributed by atoms with Crippen LogP contribution >= 0.6 is 0 Å². The second-order valence-electron chi connectivity index (χ2n) is 6.49. The minimum Gasteiger partial charge on any atom is -0.481 e. The van der Waals surface area contributed by atoms with Crippen molar-refractivity contribution in [3.05, 3.63) is 59.7 Å². The summed E-state index contributed by atoms with van der Waals surface area (Å²) in [6, 6.07) is 16.0. The second kappa shape index (κ2) is 11.1. The molecule has 4 nitrogen and oxygen atoms in total. The van der Waals surface area contributed by atoms with Crippen LogP contribution in [0.4, 0.5) is 0 Å². The molecular weight excluding hydrogens is 340 g/mol. The maximum atomic E-state index is 11.2. The van der Waals surface area contributed by atoms with Crippen LogP contribution in [0.1, 0.15) is 56.0 Å². The Morgan fingerprint density at radius 1 is 0.963 bits per heavy atom. The lowest BCUT2D eigenvalue weighted by molar-refractivity contribution is -0.143. The number of rotatable bonds is 7. The number of Topliss-reactive ketones (excluding diaryl/α,β-unsaturated/α-hetero) is 2. The van der Waals surface area contributed by atoms with Gasteiger partial charge >= 0.3 is 5.97 Å². The lowest BCUT2D eigenvalue weighted by Gasteiger charge is -2.06. The van der Waals surface area contributed by atoms with Gasteiger partial charge < -0.3 is 5.11 Å². The largest absolute Gasteiger partial charge is 0.481 e. The molecule has 1 unspecified atom stereocenters. The third-order valence-electron chi connectivity index (χ3n) is 4.46. The number of benzene rings is 2. The molecule has 0 aliphatic rings. The molecule has 2 aromatic rings. The van der Waals surface area contributed by atoms with Crippen LogP contribution in [0.5, 0.6) is 0 Å². The Morgan fingerprint density at radius 2 is 1.56 bits per heavy atom. The van der Waals surface area contributed by atoms with Gasteiger partial charge in [0.2, 0.25) is 0 Å². The van der Waals surface area contributed by atoms with Crippen LogP contribution in [0.2, 0.25) is 0 Å². The highest BCUT2D eigenvalue weighted by Gasteiger charge is 2.17. The van der Waals surface area contributed by atoms with Gasteiger partial charge in [0.25, 0.3) is 0 Å². The molecule has 0 heterocycles. The van der Waals surface area contributed by atoms with Crippen LogP contribution in [0.15, 0.2) is 48.5 Å². The van der Waals surface area contributed by atoms with Crippen molar-refractivity contribution in [2.45, 2.75) is 47.0 Å². The van der Waals surface area contributed by atoms with Crippen molar-refractivity contribution in [1.29, 1.82) is 0 Å². The molecule has 2 rings (SSSR count). The molecule has 0 aliphatic carbocycles. The molecule has 0 radical (unpaired) electrons. The van der Waals surface area contributed by atoms with E-state index < -0.39 is 11.9 Å². The van der Waals surface area contributed by atoms with Gasteiger partial charge in [0.15, 0.2) is 5.78 Å². The molecule has 2 aromatic carbocycles. The van der Waals surface area contributed by atoms with Crippen LogP contribution in [0.25, 0.3) is 11.1 Å². The standard InChI is InChI=1S/C15H14O.C8H14O3/c1-11-5-3-4-6-15(11)14-9-7-13(8-10-14)12(2)16;1-3-6(8(10)11)5-7(9)4-2/h3-10H,1-2H3;6H,3-5H2,1-2H3,(H,10,11). The molecule has 0 fully saturated rings. The van der Waals surface area contributed by atoms with Crippen LogP contribution in [-0.2, 0) is 9.59 Å². The maximum Gasteiger partial charge on any atom is 0.306 e. The normalized spacial score (nSPS) is 11.1. The fourth-order valence-electron chi connectivity index (χ4n) is 2.61. The Bertz CT molecular complexity index is 775. The topological polar surface area (TPSA) is 71.4 Å². The predicted octanol–water partition coefficient (Wildman–Crippen LogP) is 5.33. The zero-order chi connectivity index (χ0) is 20.4. The van der Waals surface area contributed by atoms with Gasteiger partial charge in [-0.3, -0.25) is 14.4 Å². The van der Waals surface area contributed by atoms with Crippen molar-refractivity contribution >= 4 is 17.5 Å². The number of hydrogen-bond acceptors (Lipinski definition) is 3. The summed E-state index contributed by atoms with van der Waals surface area (Å²) in [7, 11) is 0. The zero-order valence-electron chi connectivity index (χ0n) is 16.5. The summed E-state index contributed by atoms with van der Waals surface area (Å²) in [5.74, 6) is -1.22. The molecular formula is C23H28O4.